The van der Waals surface area contributed by atoms with Crippen molar-refractivity contribution in [2.75, 3.05) is 6.54 Å². The van der Waals surface area contributed by atoms with E-state index >= 15 is 0 Å². The van der Waals surface area contributed by atoms with Gasteiger partial charge in [0.2, 0.25) is 13.9 Å². The highest BCUT2D eigenvalue weighted by atomic mass is 16.2. The molecule has 11 heavy (non-hydrogen) atoms. The van der Waals surface area contributed by atoms with Gasteiger partial charge in [-0.1, -0.05) is 12.2 Å². The molecule has 0 N–H and O–H groups in total. The molecular weight excluding hydrogens is 137 g/mol. The molecule has 1 rings (SSSR count). The average molecular weight is 147 g/mol. The average Bonchev–Trinajstić information content (AvgIpc) is 2.17. The monoisotopic (exact) mass is 147 g/mol. The molecule has 0 aromatic heterocycles. The van der Waals surface area contributed by atoms with E-state index in [0.29, 0.717) is 6.54 Å². The van der Waals surface area contributed by atoms with Crippen molar-refractivity contribution in [3.8, 4) is 0 Å². The van der Waals surface area contributed by atoms with Crippen molar-refractivity contribution in [1.29, 1.82) is 0 Å². The maximum Gasteiger partial charge on any atom is 0.241 e. The fraction of sp³-hybridized carbons (Fsp3) is 0.375. The van der Waals surface area contributed by atoms with Gasteiger partial charge >= 0.3 is 0 Å². The van der Waals surface area contributed by atoms with Crippen molar-refractivity contribution in [2.45, 2.75) is 13.8 Å². The van der Waals surface area contributed by atoms with Gasteiger partial charge in [-0.05, 0) is 19.4 Å². The zero-order chi connectivity index (χ0) is 8.43. The van der Waals surface area contributed by atoms with Crippen molar-refractivity contribution in [2.24, 2.45) is 0 Å². The molecule has 1 heterocycles. The summed E-state index contributed by atoms with van der Waals surface area (Å²) in [4.78, 5) is 12.4. The zero-order valence-corrected chi connectivity index (χ0v) is 6.79. The number of amides is 1. The first-order valence-electron chi connectivity index (χ1n) is 3.56. The lowest BCUT2D eigenvalue weighted by Crippen LogP contribution is -2.23. The molecule has 0 unspecified atom stereocenters. The van der Waals surface area contributed by atoms with Crippen LogP contribution in [0.4, 0.5) is 0 Å². The smallest absolute Gasteiger partial charge is 0.241 e. The Morgan fingerprint density at radius 3 is 2.64 bits per heavy atom. The standard InChI is InChI=1S/C8H10BNO/c1-3-4-7-6(2)5-10(9)8(7)11/h3-4H,5H2,1-2H3/b4-3-. The molecule has 3 heteroatoms. The minimum Gasteiger partial charge on any atom is -0.389 e. The lowest BCUT2D eigenvalue weighted by molar-refractivity contribution is -0.121. The third kappa shape index (κ3) is 1.37. The molecule has 0 atom stereocenters. The molecule has 2 radical (unpaired) electrons. The summed E-state index contributed by atoms with van der Waals surface area (Å²) in [6.07, 6.45) is 3.64. The van der Waals surface area contributed by atoms with Crippen LogP contribution >= 0.6 is 0 Å². The van der Waals surface area contributed by atoms with Gasteiger partial charge in [0.05, 0.1) is 0 Å². The summed E-state index contributed by atoms with van der Waals surface area (Å²) in [6.45, 7) is 4.35. The number of carbonyl (C=O) groups is 1. The highest BCUT2D eigenvalue weighted by Gasteiger charge is 2.21. The van der Waals surface area contributed by atoms with E-state index in [2.05, 4.69) is 0 Å². The number of carbonyl (C=O) groups excluding carboxylic acids is 1. The Labute approximate surface area is 68.0 Å². The first kappa shape index (κ1) is 8.11. The second-order valence-electron chi connectivity index (χ2n) is 2.63. The predicted molar refractivity (Wildman–Crippen MR) is 45.0 cm³/mol. The van der Waals surface area contributed by atoms with E-state index < -0.39 is 0 Å². The summed E-state index contributed by atoms with van der Waals surface area (Å²) in [6, 6.07) is 0. The number of allylic oxidation sites excluding steroid dienone is 1. The Bertz CT molecular complexity index is 242. The number of hydrogen-bond acceptors (Lipinski definition) is 1. The van der Waals surface area contributed by atoms with E-state index in [4.69, 9.17) is 7.98 Å². The first-order valence-corrected chi connectivity index (χ1v) is 3.56. The molecule has 0 fully saturated rings. The van der Waals surface area contributed by atoms with Crippen molar-refractivity contribution in [1.82, 2.24) is 4.81 Å². The lowest BCUT2D eigenvalue weighted by atomic mass is 10.1. The molecule has 0 bridgehead atoms. The van der Waals surface area contributed by atoms with Crippen LogP contribution < -0.4 is 0 Å². The van der Waals surface area contributed by atoms with Crippen molar-refractivity contribution >= 4 is 13.9 Å². The van der Waals surface area contributed by atoms with Gasteiger partial charge < -0.3 is 4.81 Å². The normalized spacial score (nSPS) is 19.1. The number of nitrogens with zero attached hydrogens (tertiary/aromatic N) is 1. The quantitative estimate of drug-likeness (QED) is 0.502. The maximum atomic E-state index is 11.2. The maximum absolute atomic E-state index is 11.2. The molecule has 0 aliphatic carbocycles. The molecule has 1 aliphatic rings. The van der Waals surface area contributed by atoms with E-state index in [1.165, 1.54) is 4.81 Å². The van der Waals surface area contributed by atoms with E-state index in [-0.39, 0.29) is 5.91 Å². The number of hydrogen-bond donors (Lipinski definition) is 0. The Balaban J connectivity index is 2.91. The van der Waals surface area contributed by atoms with Crippen LogP contribution in [0.1, 0.15) is 13.8 Å². The van der Waals surface area contributed by atoms with Crippen LogP contribution in [-0.4, -0.2) is 25.2 Å². The van der Waals surface area contributed by atoms with Crippen molar-refractivity contribution < 1.29 is 4.79 Å². The van der Waals surface area contributed by atoms with E-state index in [9.17, 15) is 4.79 Å². The first-order chi connectivity index (χ1) is 5.16. The van der Waals surface area contributed by atoms with Crippen molar-refractivity contribution in [3.63, 3.8) is 0 Å². The predicted octanol–water partition coefficient (Wildman–Crippen LogP) is 0.805. The van der Waals surface area contributed by atoms with Crippen LogP contribution in [0.15, 0.2) is 23.3 Å². The van der Waals surface area contributed by atoms with Crippen molar-refractivity contribution in [3.05, 3.63) is 23.3 Å². The van der Waals surface area contributed by atoms with E-state index in [1.54, 1.807) is 6.08 Å². The Hall–Kier alpha value is -0.985. The topological polar surface area (TPSA) is 20.3 Å². The van der Waals surface area contributed by atoms with Crippen LogP contribution in [0.25, 0.3) is 0 Å². The van der Waals surface area contributed by atoms with Crippen LogP contribution in [0.2, 0.25) is 0 Å². The zero-order valence-electron chi connectivity index (χ0n) is 6.79. The van der Waals surface area contributed by atoms with Gasteiger partial charge in [-0.2, -0.15) is 0 Å². The van der Waals surface area contributed by atoms with Gasteiger partial charge in [0.1, 0.15) is 0 Å². The molecule has 1 amide bonds. The third-order valence-electron chi connectivity index (χ3n) is 1.69. The second-order valence-corrected chi connectivity index (χ2v) is 2.63. The highest BCUT2D eigenvalue weighted by molar-refractivity contribution is 6.20. The Morgan fingerprint density at radius 2 is 2.27 bits per heavy atom. The second kappa shape index (κ2) is 2.95. The molecule has 0 aromatic carbocycles. The molecule has 2 nitrogen and oxygen atoms in total. The van der Waals surface area contributed by atoms with Gasteiger partial charge in [-0.15, -0.1) is 0 Å². The molecule has 0 aromatic rings. The number of rotatable bonds is 1. The van der Waals surface area contributed by atoms with Gasteiger partial charge in [0.15, 0.2) is 0 Å². The molecule has 0 spiro atoms. The van der Waals surface area contributed by atoms with Crippen LogP contribution in [0, 0.1) is 0 Å². The molecule has 1 aliphatic heterocycles. The summed E-state index contributed by atoms with van der Waals surface area (Å²) in [5.41, 5.74) is 1.77. The molecule has 56 valence electrons. The Morgan fingerprint density at radius 1 is 1.64 bits per heavy atom. The highest BCUT2D eigenvalue weighted by Crippen LogP contribution is 2.17. The van der Waals surface area contributed by atoms with E-state index in [1.807, 2.05) is 19.9 Å². The fourth-order valence-electron chi connectivity index (χ4n) is 1.13. The largest absolute Gasteiger partial charge is 0.389 e. The summed E-state index contributed by atoms with van der Waals surface area (Å²) in [5, 5.41) is 0. The van der Waals surface area contributed by atoms with Gasteiger partial charge in [0, 0.05) is 12.1 Å². The van der Waals surface area contributed by atoms with Crippen LogP contribution in [0.5, 0.6) is 0 Å². The molecular formula is C8H10BNO. The third-order valence-corrected chi connectivity index (χ3v) is 1.69. The minimum atomic E-state index is -0.0828. The van der Waals surface area contributed by atoms with Gasteiger partial charge in [-0.3, -0.25) is 4.79 Å². The minimum absolute atomic E-state index is 0.0828. The summed E-state index contributed by atoms with van der Waals surface area (Å²) in [5.74, 6) is -0.0828. The summed E-state index contributed by atoms with van der Waals surface area (Å²) >= 11 is 0. The summed E-state index contributed by atoms with van der Waals surface area (Å²) < 4.78 is 0. The van der Waals surface area contributed by atoms with E-state index in [0.717, 1.165) is 11.1 Å². The SMILES string of the molecule is [B]N1CC(C)=C(/C=C\C)C1=O. The molecule has 0 saturated heterocycles. The summed E-state index contributed by atoms with van der Waals surface area (Å²) in [7, 11) is 5.40. The van der Waals surface area contributed by atoms with Gasteiger partial charge in [-0.25, -0.2) is 0 Å². The van der Waals surface area contributed by atoms with Crippen LogP contribution in [0.3, 0.4) is 0 Å². The Kier molecular flexibility index (Phi) is 2.18. The van der Waals surface area contributed by atoms with Gasteiger partial charge in [0.25, 0.3) is 0 Å². The molecule has 0 saturated carbocycles. The fourth-order valence-corrected chi connectivity index (χ4v) is 1.13. The lowest BCUT2D eigenvalue weighted by Gasteiger charge is -2.07. The van der Waals surface area contributed by atoms with Crippen LogP contribution in [-0.2, 0) is 4.79 Å².